The third-order valence-corrected chi connectivity index (χ3v) is 4.31. The minimum Gasteiger partial charge on any atom is -0.435 e. The van der Waals surface area contributed by atoms with Crippen LogP contribution in [0.25, 0.3) is 0 Å². The van der Waals surface area contributed by atoms with E-state index in [0.717, 1.165) is 0 Å². The molecule has 0 aromatic heterocycles. The molecule has 26 heavy (non-hydrogen) atoms. The number of amides is 1. The molecule has 136 valence electrons. The van der Waals surface area contributed by atoms with Gasteiger partial charge in [-0.1, -0.05) is 18.2 Å². The molecule has 0 saturated carbocycles. The first-order valence-corrected chi connectivity index (χ1v) is 7.71. The van der Waals surface area contributed by atoms with Crippen LogP contribution in [0.5, 0.6) is 5.75 Å². The van der Waals surface area contributed by atoms with Crippen LogP contribution in [-0.4, -0.2) is 30.4 Å². The van der Waals surface area contributed by atoms with Gasteiger partial charge in [0.1, 0.15) is 11.6 Å². The van der Waals surface area contributed by atoms with Crippen molar-refractivity contribution in [2.45, 2.75) is 19.1 Å². The lowest BCUT2D eigenvalue weighted by atomic mass is 9.82. The Balaban J connectivity index is 2.19. The third kappa shape index (κ3) is 2.77. The Kier molecular flexibility index (Phi) is 4.35. The summed E-state index contributed by atoms with van der Waals surface area (Å²) < 4.78 is 42.8. The normalized spacial score (nSPS) is 19.8. The minimum atomic E-state index is -2.96. The van der Waals surface area contributed by atoms with Gasteiger partial charge in [-0.05, 0) is 47.9 Å². The van der Waals surface area contributed by atoms with Crippen LogP contribution in [0.2, 0.25) is 0 Å². The maximum Gasteiger partial charge on any atom is 0.387 e. The number of aliphatic imine (C=N–C) groups is 1. The molecule has 3 rings (SSSR count). The molecular formula is C18H16F3N3O2. The summed E-state index contributed by atoms with van der Waals surface area (Å²) in [6, 6.07) is 9.69. The summed E-state index contributed by atoms with van der Waals surface area (Å²) in [6.45, 7) is -1.38. The summed E-state index contributed by atoms with van der Waals surface area (Å²) in [6.07, 6.45) is 0. The Bertz CT molecular complexity index is 884. The quantitative estimate of drug-likeness (QED) is 0.908. The number of guanidine groups is 1. The van der Waals surface area contributed by atoms with Gasteiger partial charge < -0.3 is 10.5 Å². The first kappa shape index (κ1) is 17.8. The molecule has 1 atom stereocenters. The largest absolute Gasteiger partial charge is 0.435 e. The minimum absolute atomic E-state index is 0.00452. The summed E-state index contributed by atoms with van der Waals surface area (Å²) in [5, 5.41) is 0. The van der Waals surface area contributed by atoms with Gasteiger partial charge in [-0.15, -0.1) is 0 Å². The molecule has 1 heterocycles. The van der Waals surface area contributed by atoms with Crippen molar-refractivity contribution in [2.75, 3.05) is 7.05 Å². The van der Waals surface area contributed by atoms with E-state index >= 15 is 0 Å². The van der Waals surface area contributed by atoms with Crippen LogP contribution < -0.4 is 10.5 Å². The smallest absolute Gasteiger partial charge is 0.387 e. The predicted octanol–water partition coefficient (Wildman–Crippen LogP) is 2.77. The van der Waals surface area contributed by atoms with E-state index in [0.29, 0.717) is 16.7 Å². The standard InChI is InChI=1S/C18H16F3N3O2/c1-10-9-12(5-8-14(10)26-16(20)21)18(11-3-6-13(19)7-4-11)15(25)24(2)17(22)23-18/h3-9,16H,1-2H3,(H2,22,23)/t18-/m0/s1. The number of alkyl halides is 2. The summed E-state index contributed by atoms with van der Waals surface area (Å²) in [5.74, 6) is -0.890. The van der Waals surface area contributed by atoms with Crippen molar-refractivity contribution in [3.8, 4) is 5.75 Å². The molecular weight excluding hydrogens is 347 g/mol. The molecule has 1 amide bonds. The fourth-order valence-corrected chi connectivity index (χ4v) is 2.98. The average molecular weight is 363 g/mol. The van der Waals surface area contributed by atoms with E-state index in [1.165, 1.54) is 54.4 Å². The van der Waals surface area contributed by atoms with E-state index < -0.39 is 23.9 Å². The molecule has 2 aromatic rings. The van der Waals surface area contributed by atoms with Gasteiger partial charge in [0.15, 0.2) is 11.5 Å². The number of carbonyl (C=O) groups excluding carboxylic acids is 1. The Labute approximate surface area is 147 Å². The van der Waals surface area contributed by atoms with Gasteiger partial charge >= 0.3 is 6.61 Å². The van der Waals surface area contributed by atoms with Gasteiger partial charge in [0.25, 0.3) is 5.91 Å². The number of benzene rings is 2. The second-order valence-electron chi connectivity index (χ2n) is 5.91. The predicted molar refractivity (Wildman–Crippen MR) is 89.4 cm³/mol. The molecule has 8 heteroatoms. The highest BCUT2D eigenvalue weighted by molar-refractivity contribution is 6.08. The molecule has 0 spiro atoms. The van der Waals surface area contributed by atoms with Crippen molar-refractivity contribution >= 4 is 11.9 Å². The number of nitrogens with two attached hydrogens (primary N) is 1. The summed E-state index contributed by atoms with van der Waals surface area (Å²) in [5.41, 5.74) is 5.56. The van der Waals surface area contributed by atoms with Crippen molar-refractivity contribution in [1.82, 2.24) is 4.90 Å². The van der Waals surface area contributed by atoms with Gasteiger partial charge in [0.05, 0.1) is 0 Å². The van der Waals surface area contributed by atoms with Crippen LogP contribution >= 0.6 is 0 Å². The number of hydrogen-bond donors (Lipinski definition) is 1. The molecule has 1 aliphatic heterocycles. The second kappa shape index (κ2) is 6.36. The second-order valence-corrected chi connectivity index (χ2v) is 5.91. The molecule has 2 N–H and O–H groups in total. The molecule has 2 aromatic carbocycles. The Hall–Kier alpha value is -3.03. The maximum absolute atomic E-state index is 13.3. The molecule has 0 saturated heterocycles. The van der Waals surface area contributed by atoms with Gasteiger partial charge in [-0.3, -0.25) is 9.69 Å². The number of nitrogens with zero attached hydrogens (tertiary/aromatic N) is 2. The monoisotopic (exact) mass is 363 g/mol. The van der Waals surface area contributed by atoms with Crippen molar-refractivity contribution < 1.29 is 22.7 Å². The van der Waals surface area contributed by atoms with Gasteiger partial charge in [-0.2, -0.15) is 8.78 Å². The Morgan fingerprint density at radius 2 is 1.77 bits per heavy atom. The average Bonchev–Trinajstić information content (AvgIpc) is 2.82. The van der Waals surface area contributed by atoms with Gasteiger partial charge in [0, 0.05) is 7.05 Å². The maximum atomic E-state index is 13.3. The summed E-state index contributed by atoms with van der Waals surface area (Å²) in [7, 11) is 1.48. The fourth-order valence-electron chi connectivity index (χ4n) is 2.98. The molecule has 0 fully saturated rings. The zero-order valence-corrected chi connectivity index (χ0v) is 14.0. The lowest BCUT2D eigenvalue weighted by Crippen LogP contribution is -2.41. The van der Waals surface area contributed by atoms with Crippen LogP contribution in [0.15, 0.2) is 47.5 Å². The lowest BCUT2D eigenvalue weighted by Gasteiger charge is -2.26. The van der Waals surface area contributed by atoms with E-state index in [1.807, 2.05) is 0 Å². The summed E-state index contributed by atoms with van der Waals surface area (Å²) in [4.78, 5) is 18.5. The number of ether oxygens (including phenoxy) is 1. The number of halogens is 3. The van der Waals surface area contributed by atoms with Crippen LogP contribution in [-0.2, 0) is 10.3 Å². The van der Waals surface area contributed by atoms with E-state index in [-0.39, 0.29) is 11.7 Å². The van der Waals surface area contributed by atoms with Crippen molar-refractivity contribution in [3.05, 3.63) is 65.0 Å². The number of likely N-dealkylation sites (N-methyl/N-ethyl adjacent to an activating group) is 1. The number of carbonyl (C=O) groups is 1. The highest BCUT2D eigenvalue weighted by Crippen LogP contribution is 2.40. The third-order valence-electron chi connectivity index (χ3n) is 4.31. The van der Waals surface area contributed by atoms with Gasteiger partial charge in [0.2, 0.25) is 0 Å². The van der Waals surface area contributed by atoms with Crippen molar-refractivity contribution in [1.29, 1.82) is 0 Å². The summed E-state index contributed by atoms with van der Waals surface area (Å²) >= 11 is 0. The molecule has 0 radical (unpaired) electrons. The lowest BCUT2D eigenvalue weighted by molar-refractivity contribution is -0.129. The van der Waals surface area contributed by atoms with E-state index in [1.54, 1.807) is 6.92 Å². The van der Waals surface area contributed by atoms with E-state index in [4.69, 9.17) is 5.73 Å². The van der Waals surface area contributed by atoms with Crippen LogP contribution in [0.3, 0.4) is 0 Å². The number of hydrogen-bond acceptors (Lipinski definition) is 4. The molecule has 0 bridgehead atoms. The highest BCUT2D eigenvalue weighted by Gasteiger charge is 2.49. The van der Waals surface area contributed by atoms with E-state index in [9.17, 15) is 18.0 Å². The first-order chi connectivity index (χ1) is 12.3. The topological polar surface area (TPSA) is 67.9 Å². The molecule has 1 aliphatic rings. The highest BCUT2D eigenvalue weighted by atomic mass is 19.3. The SMILES string of the molecule is Cc1cc([C@]2(c3ccc(F)cc3)N=C(N)N(C)C2=O)ccc1OC(F)F. The molecule has 5 nitrogen and oxygen atoms in total. The number of rotatable bonds is 4. The fraction of sp³-hybridized carbons (Fsp3) is 0.222. The first-order valence-electron chi connectivity index (χ1n) is 7.71. The van der Waals surface area contributed by atoms with Crippen LogP contribution in [0, 0.1) is 12.7 Å². The Morgan fingerprint density at radius 1 is 1.15 bits per heavy atom. The van der Waals surface area contributed by atoms with Crippen LogP contribution in [0.1, 0.15) is 16.7 Å². The molecule has 0 unspecified atom stereocenters. The zero-order chi connectivity index (χ0) is 19.1. The number of aryl methyl sites for hydroxylation is 1. The molecule has 0 aliphatic carbocycles. The van der Waals surface area contributed by atoms with Crippen LogP contribution in [0.4, 0.5) is 13.2 Å². The zero-order valence-electron chi connectivity index (χ0n) is 14.0. The van der Waals surface area contributed by atoms with Gasteiger partial charge in [-0.25, -0.2) is 9.38 Å². The van der Waals surface area contributed by atoms with E-state index in [2.05, 4.69) is 9.73 Å². The van der Waals surface area contributed by atoms with Crippen molar-refractivity contribution in [2.24, 2.45) is 10.7 Å². The van der Waals surface area contributed by atoms with Crippen molar-refractivity contribution in [3.63, 3.8) is 0 Å². The Morgan fingerprint density at radius 3 is 2.27 bits per heavy atom.